The first-order chi connectivity index (χ1) is 9.92. The molecule has 0 bridgehead atoms. The summed E-state index contributed by atoms with van der Waals surface area (Å²) in [6, 6.07) is 5.57. The maximum Gasteiger partial charge on any atom is 0.229 e. The smallest absolute Gasteiger partial charge is 0.229 e. The molecule has 0 aliphatic carbocycles. The molecule has 5 heteroatoms. The predicted octanol–water partition coefficient (Wildman–Crippen LogP) is 1.68. The Hall–Kier alpha value is -1.88. The number of hydrogen-bond acceptors (Lipinski definition) is 3. The number of aliphatic hydroxyl groups excluding tert-OH is 1. The molecule has 0 aromatic heterocycles. The molecule has 1 aromatic rings. The van der Waals surface area contributed by atoms with Crippen molar-refractivity contribution in [3.63, 3.8) is 0 Å². The van der Waals surface area contributed by atoms with Gasteiger partial charge in [-0.05, 0) is 38.0 Å². The highest BCUT2D eigenvalue weighted by atomic mass is 16.3. The van der Waals surface area contributed by atoms with E-state index in [9.17, 15) is 9.59 Å². The van der Waals surface area contributed by atoms with Gasteiger partial charge in [-0.1, -0.05) is 12.1 Å². The second-order valence-corrected chi connectivity index (χ2v) is 5.84. The number of nitrogens with one attached hydrogen (secondary N) is 1. The third-order valence-electron chi connectivity index (χ3n) is 3.90. The maximum absolute atomic E-state index is 12.3. The Kier molecular flexibility index (Phi) is 4.63. The van der Waals surface area contributed by atoms with E-state index in [0.717, 1.165) is 11.1 Å². The number of anilines is 1. The van der Waals surface area contributed by atoms with Crippen LogP contribution >= 0.6 is 0 Å². The quantitative estimate of drug-likeness (QED) is 0.886. The summed E-state index contributed by atoms with van der Waals surface area (Å²) in [4.78, 5) is 25.9. The largest absolute Gasteiger partial charge is 0.392 e. The third kappa shape index (κ3) is 3.42. The highest BCUT2D eigenvalue weighted by Gasteiger charge is 2.35. The van der Waals surface area contributed by atoms with Crippen molar-refractivity contribution in [2.45, 2.75) is 39.8 Å². The number of benzene rings is 1. The van der Waals surface area contributed by atoms with E-state index in [0.29, 0.717) is 12.2 Å². The number of hydrogen-bond donors (Lipinski definition) is 2. The van der Waals surface area contributed by atoms with Gasteiger partial charge in [0.25, 0.3) is 0 Å². The average molecular weight is 290 g/mol. The molecule has 1 aliphatic heterocycles. The van der Waals surface area contributed by atoms with Gasteiger partial charge in [-0.25, -0.2) is 0 Å². The van der Waals surface area contributed by atoms with Gasteiger partial charge in [0.2, 0.25) is 11.8 Å². The molecule has 5 nitrogen and oxygen atoms in total. The average Bonchev–Trinajstić information content (AvgIpc) is 2.83. The van der Waals surface area contributed by atoms with Crippen molar-refractivity contribution in [2.75, 3.05) is 11.9 Å². The van der Waals surface area contributed by atoms with Gasteiger partial charge >= 0.3 is 0 Å². The Morgan fingerprint density at radius 2 is 2.19 bits per heavy atom. The van der Waals surface area contributed by atoms with E-state index in [1.54, 1.807) is 11.0 Å². The number of carbonyl (C=O) groups excluding carboxylic acids is 2. The molecule has 0 spiro atoms. The molecule has 2 rings (SSSR count). The molecule has 1 heterocycles. The topological polar surface area (TPSA) is 69.6 Å². The second kappa shape index (κ2) is 6.26. The lowest BCUT2D eigenvalue weighted by Gasteiger charge is -2.20. The highest BCUT2D eigenvalue weighted by molar-refractivity contribution is 5.97. The molecular formula is C16H22N2O3. The Morgan fingerprint density at radius 1 is 1.48 bits per heavy atom. The van der Waals surface area contributed by atoms with E-state index in [2.05, 4.69) is 5.32 Å². The Morgan fingerprint density at radius 3 is 2.76 bits per heavy atom. The number of amides is 2. The highest BCUT2D eigenvalue weighted by Crippen LogP contribution is 2.23. The fourth-order valence-corrected chi connectivity index (χ4v) is 2.54. The second-order valence-electron chi connectivity index (χ2n) is 5.84. The molecule has 0 radical (unpaired) electrons. The fraction of sp³-hybridized carbons (Fsp3) is 0.500. The molecule has 1 saturated heterocycles. The van der Waals surface area contributed by atoms with Crippen molar-refractivity contribution in [3.8, 4) is 0 Å². The third-order valence-corrected chi connectivity index (χ3v) is 3.90. The first-order valence-electron chi connectivity index (χ1n) is 7.23. The van der Waals surface area contributed by atoms with Crippen LogP contribution in [0.25, 0.3) is 0 Å². The van der Waals surface area contributed by atoms with Gasteiger partial charge in [-0.3, -0.25) is 9.59 Å². The monoisotopic (exact) mass is 290 g/mol. The predicted molar refractivity (Wildman–Crippen MR) is 80.7 cm³/mol. The van der Waals surface area contributed by atoms with Gasteiger partial charge < -0.3 is 15.3 Å². The van der Waals surface area contributed by atoms with Gasteiger partial charge in [-0.2, -0.15) is 0 Å². The number of carbonyl (C=O) groups is 2. The van der Waals surface area contributed by atoms with Crippen LogP contribution in [-0.4, -0.2) is 34.4 Å². The number of nitrogens with zero attached hydrogens (tertiary/aromatic N) is 1. The number of rotatable bonds is 4. The van der Waals surface area contributed by atoms with Crippen LogP contribution in [0.1, 0.15) is 31.4 Å². The van der Waals surface area contributed by atoms with Crippen LogP contribution in [0.15, 0.2) is 18.2 Å². The SMILES string of the molecule is Cc1ccc(CO)cc1NC(=O)C1CC(=O)N(C(C)C)C1. The molecule has 1 fully saturated rings. The Labute approximate surface area is 125 Å². The first kappa shape index (κ1) is 15.5. The van der Waals surface area contributed by atoms with Crippen molar-refractivity contribution in [2.24, 2.45) is 5.92 Å². The summed E-state index contributed by atoms with van der Waals surface area (Å²) in [5.74, 6) is -0.409. The minimum atomic E-state index is -0.308. The van der Waals surface area contributed by atoms with Crippen LogP contribution in [-0.2, 0) is 16.2 Å². The van der Waals surface area contributed by atoms with Crippen LogP contribution in [0.2, 0.25) is 0 Å². The normalized spacial score (nSPS) is 18.4. The Balaban J connectivity index is 2.07. The van der Waals surface area contributed by atoms with Gasteiger partial charge in [-0.15, -0.1) is 0 Å². The lowest BCUT2D eigenvalue weighted by atomic mass is 10.1. The van der Waals surface area contributed by atoms with E-state index in [4.69, 9.17) is 5.11 Å². The molecule has 1 aromatic carbocycles. The van der Waals surface area contributed by atoms with Gasteiger partial charge in [0, 0.05) is 24.7 Å². The van der Waals surface area contributed by atoms with E-state index in [1.807, 2.05) is 32.9 Å². The lowest BCUT2D eigenvalue weighted by Crippen LogP contribution is -2.33. The molecule has 1 atom stereocenters. The molecule has 114 valence electrons. The van der Waals surface area contributed by atoms with Crippen molar-refractivity contribution in [1.29, 1.82) is 0 Å². The molecule has 21 heavy (non-hydrogen) atoms. The zero-order chi connectivity index (χ0) is 15.6. The van der Waals surface area contributed by atoms with Crippen molar-refractivity contribution in [3.05, 3.63) is 29.3 Å². The van der Waals surface area contributed by atoms with Crippen LogP contribution in [0.3, 0.4) is 0 Å². The van der Waals surface area contributed by atoms with Crippen molar-refractivity contribution >= 4 is 17.5 Å². The Bertz CT molecular complexity index is 554. The zero-order valence-electron chi connectivity index (χ0n) is 12.7. The van der Waals surface area contributed by atoms with E-state index in [-0.39, 0.29) is 36.8 Å². The van der Waals surface area contributed by atoms with Gasteiger partial charge in [0.1, 0.15) is 0 Å². The molecule has 0 saturated carbocycles. The summed E-state index contributed by atoms with van der Waals surface area (Å²) >= 11 is 0. The van der Waals surface area contributed by atoms with E-state index in [1.165, 1.54) is 0 Å². The lowest BCUT2D eigenvalue weighted by molar-refractivity contribution is -0.129. The molecule has 1 aliphatic rings. The van der Waals surface area contributed by atoms with Crippen LogP contribution in [0.5, 0.6) is 0 Å². The number of aryl methyl sites for hydroxylation is 1. The zero-order valence-corrected chi connectivity index (χ0v) is 12.7. The van der Waals surface area contributed by atoms with E-state index < -0.39 is 0 Å². The maximum atomic E-state index is 12.3. The van der Waals surface area contributed by atoms with Gasteiger partial charge in [0.05, 0.1) is 12.5 Å². The molecule has 2 amide bonds. The van der Waals surface area contributed by atoms with E-state index >= 15 is 0 Å². The molecule has 2 N–H and O–H groups in total. The molecule has 1 unspecified atom stereocenters. The molecular weight excluding hydrogens is 268 g/mol. The minimum Gasteiger partial charge on any atom is -0.392 e. The summed E-state index contributed by atoms with van der Waals surface area (Å²) in [6.07, 6.45) is 0.267. The standard InChI is InChI=1S/C16H22N2O3/c1-10(2)18-8-13(7-15(18)20)16(21)17-14-6-12(9-19)5-4-11(14)3/h4-6,10,13,19H,7-9H2,1-3H3,(H,17,21). The number of likely N-dealkylation sites (tertiary alicyclic amines) is 1. The fourth-order valence-electron chi connectivity index (χ4n) is 2.54. The van der Waals surface area contributed by atoms with Crippen LogP contribution in [0.4, 0.5) is 5.69 Å². The van der Waals surface area contributed by atoms with Crippen molar-refractivity contribution in [1.82, 2.24) is 4.90 Å². The van der Waals surface area contributed by atoms with Gasteiger partial charge in [0.15, 0.2) is 0 Å². The summed E-state index contributed by atoms with van der Waals surface area (Å²) in [6.45, 7) is 6.21. The minimum absolute atomic E-state index is 0.0333. The summed E-state index contributed by atoms with van der Waals surface area (Å²) < 4.78 is 0. The number of aliphatic hydroxyl groups is 1. The van der Waals surface area contributed by atoms with Crippen LogP contribution < -0.4 is 5.32 Å². The van der Waals surface area contributed by atoms with Crippen LogP contribution in [0, 0.1) is 12.8 Å². The summed E-state index contributed by atoms with van der Waals surface area (Å²) in [7, 11) is 0. The summed E-state index contributed by atoms with van der Waals surface area (Å²) in [5.41, 5.74) is 2.38. The van der Waals surface area contributed by atoms with Crippen molar-refractivity contribution < 1.29 is 14.7 Å². The summed E-state index contributed by atoms with van der Waals surface area (Å²) in [5, 5.41) is 12.0. The first-order valence-corrected chi connectivity index (χ1v) is 7.23.